The minimum absolute atomic E-state index is 0.583. The molecule has 0 spiro atoms. The molecule has 0 fully saturated rings. The number of benzene rings is 1. The van der Waals surface area contributed by atoms with E-state index in [2.05, 4.69) is 27.6 Å². The molecule has 0 aliphatic heterocycles. The number of rotatable bonds is 7. The topological polar surface area (TPSA) is 63.5 Å². The van der Waals surface area contributed by atoms with Gasteiger partial charge in [0.25, 0.3) is 0 Å². The summed E-state index contributed by atoms with van der Waals surface area (Å²) in [6.07, 6.45) is 1.78. The van der Waals surface area contributed by atoms with E-state index in [4.69, 9.17) is 4.74 Å². The molecule has 2 rings (SSSR count). The number of nitrogens with zero attached hydrogens (tertiary/aromatic N) is 3. The van der Waals surface area contributed by atoms with Crippen LogP contribution in [0.3, 0.4) is 0 Å². The largest absolute Gasteiger partial charge is 0.492 e. The van der Waals surface area contributed by atoms with Crippen molar-refractivity contribution in [3.05, 3.63) is 47.8 Å². The van der Waals surface area contributed by atoms with Crippen LogP contribution in [0.1, 0.15) is 18.2 Å². The van der Waals surface area contributed by atoms with Crippen molar-refractivity contribution in [1.82, 2.24) is 20.4 Å². The first kappa shape index (κ1) is 16.9. The van der Waals surface area contributed by atoms with Gasteiger partial charge in [0, 0.05) is 19.8 Å². The number of aryl methyl sites for hydroxylation is 2. The van der Waals surface area contributed by atoms with Crippen LogP contribution >= 0.6 is 0 Å². The molecule has 1 heterocycles. The van der Waals surface area contributed by atoms with Gasteiger partial charge >= 0.3 is 0 Å². The summed E-state index contributed by atoms with van der Waals surface area (Å²) in [5.41, 5.74) is 2.30. The van der Waals surface area contributed by atoms with E-state index in [1.54, 1.807) is 6.20 Å². The fourth-order valence-electron chi connectivity index (χ4n) is 2.03. The quantitative estimate of drug-likeness (QED) is 0.465. The molecule has 23 heavy (non-hydrogen) atoms. The molecule has 2 N–H and O–H groups in total. The minimum Gasteiger partial charge on any atom is -0.492 e. The van der Waals surface area contributed by atoms with Gasteiger partial charge in [-0.15, -0.1) is 0 Å². The van der Waals surface area contributed by atoms with Gasteiger partial charge in [0.05, 0.1) is 18.8 Å². The van der Waals surface area contributed by atoms with E-state index in [-0.39, 0.29) is 0 Å². The highest BCUT2D eigenvalue weighted by Crippen LogP contribution is 2.10. The van der Waals surface area contributed by atoms with Crippen molar-refractivity contribution in [3.8, 4) is 5.75 Å². The highest BCUT2D eigenvalue weighted by atomic mass is 16.5. The van der Waals surface area contributed by atoms with E-state index in [0.717, 1.165) is 23.9 Å². The van der Waals surface area contributed by atoms with Crippen molar-refractivity contribution in [2.24, 2.45) is 12.0 Å². The summed E-state index contributed by atoms with van der Waals surface area (Å²) in [6.45, 7) is 6.78. The summed E-state index contributed by atoms with van der Waals surface area (Å²) in [6, 6.07) is 10.0. The third-order valence-corrected chi connectivity index (χ3v) is 3.35. The number of hydrogen-bond acceptors (Lipinski definition) is 3. The Morgan fingerprint density at radius 1 is 1.22 bits per heavy atom. The van der Waals surface area contributed by atoms with Crippen LogP contribution in [-0.4, -0.2) is 35.4 Å². The Labute approximate surface area is 137 Å². The average Bonchev–Trinajstić information content (AvgIpc) is 2.96. The first-order valence-corrected chi connectivity index (χ1v) is 7.87. The lowest BCUT2D eigenvalue weighted by Crippen LogP contribution is -2.39. The van der Waals surface area contributed by atoms with Gasteiger partial charge in [0.1, 0.15) is 12.4 Å². The molecule has 0 radical (unpaired) electrons. The summed E-state index contributed by atoms with van der Waals surface area (Å²) in [7, 11) is 1.92. The molecule has 1 aromatic heterocycles. The van der Waals surface area contributed by atoms with Crippen molar-refractivity contribution in [2.45, 2.75) is 20.4 Å². The lowest BCUT2D eigenvalue weighted by molar-refractivity contribution is 0.322. The molecule has 0 unspecified atom stereocenters. The first-order chi connectivity index (χ1) is 11.2. The minimum atomic E-state index is 0.583. The third-order valence-electron chi connectivity index (χ3n) is 3.35. The molecule has 0 aliphatic rings. The van der Waals surface area contributed by atoms with E-state index >= 15 is 0 Å². The summed E-state index contributed by atoms with van der Waals surface area (Å²) in [5.74, 6) is 1.66. The van der Waals surface area contributed by atoms with Gasteiger partial charge in [-0.2, -0.15) is 5.10 Å². The molecule has 1 aromatic carbocycles. The van der Waals surface area contributed by atoms with Crippen LogP contribution < -0.4 is 15.4 Å². The molecule has 0 amide bonds. The Bertz CT molecular complexity index is 618. The molecule has 0 saturated heterocycles. The molecule has 0 bridgehead atoms. The van der Waals surface area contributed by atoms with Gasteiger partial charge in [-0.25, -0.2) is 4.99 Å². The van der Waals surface area contributed by atoms with Gasteiger partial charge in [-0.1, -0.05) is 17.7 Å². The number of nitrogens with one attached hydrogen (secondary N) is 2. The van der Waals surface area contributed by atoms with Crippen LogP contribution in [0, 0.1) is 6.92 Å². The smallest absolute Gasteiger partial charge is 0.191 e. The third kappa shape index (κ3) is 5.65. The van der Waals surface area contributed by atoms with Gasteiger partial charge in [0.15, 0.2) is 5.96 Å². The standard InChI is InChI=1S/C17H25N5O/c1-4-18-17(20-13-15-9-10-21-22(15)3)19-11-12-23-16-7-5-14(2)6-8-16/h5-10H,4,11-13H2,1-3H3,(H2,18,19,20). The summed E-state index contributed by atoms with van der Waals surface area (Å²) in [5, 5.41) is 10.6. The molecular formula is C17H25N5O. The first-order valence-electron chi connectivity index (χ1n) is 7.87. The van der Waals surface area contributed by atoms with Crippen LogP contribution in [0.4, 0.5) is 0 Å². The molecule has 124 valence electrons. The molecular weight excluding hydrogens is 290 g/mol. The van der Waals surface area contributed by atoms with Crippen molar-refractivity contribution >= 4 is 5.96 Å². The zero-order valence-electron chi connectivity index (χ0n) is 14.0. The van der Waals surface area contributed by atoms with E-state index < -0.39 is 0 Å². The van der Waals surface area contributed by atoms with Gasteiger partial charge in [-0.05, 0) is 32.0 Å². The van der Waals surface area contributed by atoms with E-state index in [1.165, 1.54) is 5.56 Å². The Hall–Kier alpha value is -2.50. The number of aliphatic imine (C=N–C) groups is 1. The van der Waals surface area contributed by atoms with Crippen molar-refractivity contribution in [3.63, 3.8) is 0 Å². The van der Waals surface area contributed by atoms with Crippen LogP contribution in [0.5, 0.6) is 5.75 Å². The normalized spacial score (nSPS) is 11.3. The van der Waals surface area contributed by atoms with E-state index in [1.807, 2.05) is 49.0 Å². The second kappa shape index (κ2) is 8.82. The molecule has 0 atom stereocenters. The Morgan fingerprint density at radius 2 is 2.00 bits per heavy atom. The predicted octanol–water partition coefficient (Wildman–Crippen LogP) is 1.86. The second-order valence-corrected chi connectivity index (χ2v) is 5.23. The summed E-state index contributed by atoms with van der Waals surface area (Å²) in [4.78, 5) is 4.55. The van der Waals surface area contributed by atoms with Crippen LogP contribution in [0.15, 0.2) is 41.5 Å². The Kier molecular flexibility index (Phi) is 6.47. The Balaban J connectivity index is 1.77. The number of hydrogen-bond donors (Lipinski definition) is 2. The molecule has 2 aromatic rings. The van der Waals surface area contributed by atoms with E-state index in [9.17, 15) is 0 Å². The zero-order chi connectivity index (χ0) is 16.5. The van der Waals surface area contributed by atoms with Gasteiger partial charge in [0.2, 0.25) is 0 Å². The van der Waals surface area contributed by atoms with Crippen LogP contribution in [-0.2, 0) is 13.6 Å². The lowest BCUT2D eigenvalue weighted by atomic mass is 10.2. The highest BCUT2D eigenvalue weighted by Gasteiger charge is 2.00. The van der Waals surface area contributed by atoms with Gasteiger partial charge in [-0.3, -0.25) is 4.68 Å². The van der Waals surface area contributed by atoms with Crippen LogP contribution in [0.2, 0.25) is 0 Å². The number of guanidine groups is 1. The monoisotopic (exact) mass is 315 g/mol. The fraction of sp³-hybridized carbons (Fsp3) is 0.412. The lowest BCUT2D eigenvalue weighted by Gasteiger charge is -2.12. The van der Waals surface area contributed by atoms with Gasteiger partial charge < -0.3 is 15.4 Å². The Morgan fingerprint density at radius 3 is 2.65 bits per heavy atom. The van der Waals surface area contributed by atoms with E-state index in [0.29, 0.717) is 19.7 Å². The highest BCUT2D eigenvalue weighted by molar-refractivity contribution is 5.79. The maximum absolute atomic E-state index is 5.70. The molecule has 6 heteroatoms. The second-order valence-electron chi connectivity index (χ2n) is 5.23. The summed E-state index contributed by atoms with van der Waals surface area (Å²) < 4.78 is 7.53. The van der Waals surface area contributed by atoms with Crippen molar-refractivity contribution < 1.29 is 4.74 Å². The van der Waals surface area contributed by atoms with Crippen molar-refractivity contribution in [1.29, 1.82) is 0 Å². The molecule has 6 nitrogen and oxygen atoms in total. The number of aromatic nitrogens is 2. The van der Waals surface area contributed by atoms with Crippen molar-refractivity contribution in [2.75, 3.05) is 19.7 Å². The molecule has 0 saturated carbocycles. The van der Waals surface area contributed by atoms with Crippen LogP contribution in [0.25, 0.3) is 0 Å². The SMILES string of the molecule is CCNC(=NCc1ccnn1C)NCCOc1ccc(C)cc1. The maximum Gasteiger partial charge on any atom is 0.191 e. The predicted molar refractivity (Wildman–Crippen MR) is 92.7 cm³/mol. The number of ether oxygens (including phenoxy) is 1. The zero-order valence-corrected chi connectivity index (χ0v) is 14.0. The maximum atomic E-state index is 5.70. The summed E-state index contributed by atoms with van der Waals surface area (Å²) >= 11 is 0. The fourth-order valence-corrected chi connectivity index (χ4v) is 2.03. The molecule has 0 aliphatic carbocycles. The average molecular weight is 315 g/mol.